The average molecular weight is 238 g/mol. The topological polar surface area (TPSA) is 52.0 Å². The van der Waals surface area contributed by atoms with Crippen LogP contribution in [0.4, 0.5) is 0 Å². The zero-order chi connectivity index (χ0) is 11.9. The molecule has 1 aromatic heterocycles. The maximum Gasteiger partial charge on any atom is 0.0964 e. The van der Waals surface area contributed by atoms with Crippen molar-refractivity contribution in [3.05, 3.63) is 11.9 Å². The molecule has 17 heavy (non-hydrogen) atoms. The van der Waals surface area contributed by atoms with Crippen molar-refractivity contribution < 1.29 is 4.74 Å². The predicted octanol–water partition coefficient (Wildman–Crippen LogP) is 1.35. The van der Waals surface area contributed by atoms with Gasteiger partial charge in [0.05, 0.1) is 18.3 Å². The Morgan fingerprint density at radius 2 is 2.47 bits per heavy atom. The highest BCUT2D eigenvalue weighted by Crippen LogP contribution is 2.13. The lowest BCUT2D eigenvalue weighted by Crippen LogP contribution is -2.24. The first kappa shape index (κ1) is 12.5. The quantitative estimate of drug-likeness (QED) is 0.760. The molecule has 1 saturated heterocycles. The standard InChI is InChI=1S/C12H22N4O/c1-2-6-13-8-11-9-16(15-14-11)10-12-5-3-4-7-17-12/h9,12-13H,2-8,10H2,1H3. The Kier molecular flexibility index (Phi) is 4.94. The third-order valence-corrected chi connectivity index (χ3v) is 2.98. The molecule has 1 atom stereocenters. The van der Waals surface area contributed by atoms with Gasteiger partial charge in [-0.15, -0.1) is 5.10 Å². The first-order valence-corrected chi connectivity index (χ1v) is 6.60. The molecule has 0 spiro atoms. The molecule has 1 aromatic rings. The molecule has 5 heteroatoms. The summed E-state index contributed by atoms with van der Waals surface area (Å²) < 4.78 is 7.59. The van der Waals surface area contributed by atoms with Crippen LogP contribution in [0.2, 0.25) is 0 Å². The van der Waals surface area contributed by atoms with Crippen LogP contribution in [-0.2, 0) is 17.8 Å². The van der Waals surface area contributed by atoms with Crippen molar-refractivity contribution in [3.8, 4) is 0 Å². The summed E-state index contributed by atoms with van der Waals surface area (Å²) in [6, 6.07) is 0. The lowest BCUT2D eigenvalue weighted by atomic mass is 10.1. The van der Waals surface area contributed by atoms with Gasteiger partial charge in [0.2, 0.25) is 0 Å². The molecule has 96 valence electrons. The molecule has 1 N–H and O–H groups in total. The molecule has 1 aliphatic heterocycles. The summed E-state index contributed by atoms with van der Waals surface area (Å²) >= 11 is 0. The molecule has 2 rings (SSSR count). The molecule has 0 saturated carbocycles. The summed E-state index contributed by atoms with van der Waals surface area (Å²) in [6.07, 6.45) is 7.08. The monoisotopic (exact) mass is 238 g/mol. The van der Waals surface area contributed by atoms with Gasteiger partial charge in [-0.2, -0.15) is 0 Å². The number of hydrogen-bond acceptors (Lipinski definition) is 4. The van der Waals surface area contributed by atoms with E-state index < -0.39 is 0 Å². The maximum atomic E-state index is 5.69. The van der Waals surface area contributed by atoms with Gasteiger partial charge in [-0.3, -0.25) is 0 Å². The fourth-order valence-electron chi connectivity index (χ4n) is 2.06. The first-order valence-electron chi connectivity index (χ1n) is 6.60. The van der Waals surface area contributed by atoms with E-state index in [0.29, 0.717) is 6.10 Å². The molecule has 2 heterocycles. The van der Waals surface area contributed by atoms with Gasteiger partial charge in [-0.05, 0) is 32.2 Å². The molecule has 5 nitrogen and oxygen atoms in total. The molecule has 0 radical (unpaired) electrons. The van der Waals surface area contributed by atoms with E-state index in [-0.39, 0.29) is 0 Å². The molecule has 1 aliphatic rings. The third-order valence-electron chi connectivity index (χ3n) is 2.98. The molecule has 0 amide bonds. The molecule has 0 aromatic carbocycles. The largest absolute Gasteiger partial charge is 0.376 e. The van der Waals surface area contributed by atoms with Gasteiger partial charge in [-0.1, -0.05) is 12.1 Å². The van der Waals surface area contributed by atoms with E-state index in [1.54, 1.807) is 0 Å². The second kappa shape index (κ2) is 6.71. The van der Waals surface area contributed by atoms with Crippen molar-refractivity contribution in [2.24, 2.45) is 0 Å². The second-order valence-electron chi connectivity index (χ2n) is 4.60. The van der Waals surface area contributed by atoms with Crippen molar-refractivity contribution >= 4 is 0 Å². The Labute approximate surface area is 103 Å². The van der Waals surface area contributed by atoms with Gasteiger partial charge in [0, 0.05) is 19.3 Å². The van der Waals surface area contributed by atoms with Gasteiger partial charge in [0.1, 0.15) is 0 Å². The molecule has 1 unspecified atom stereocenters. The van der Waals surface area contributed by atoms with Crippen molar-refractivity contribution in [2.45, 2.75) is 51.8 Å². The van der Waals surface area contributed by atoms with E-state index >= 15 is 0 Å². The number of rotatable bonds is 6. The van der Waals surface area contributed by atoms with E-state index in [1.165, 1.54) is 12.8 Å². The molecule has 0 aliphatic carbocycles. The zero-order valence-corrected chi connectivity index (χ0v) is 10.6. The van der Waals surface area contributed by atoms with Crippen molar-refractivity contribution in [3.63, 3.8) is 0 Å². The smallest absolute Gasteiger partial charge is 0.0964 e. The minimum Gasteiger partial charge on any atom is -0.376 e. The third kappa shape index (κ3) is 4.09. The Balaban J connectivity index is 1.76. The van der Waals surface area contributed by atoms with Gasteiger partial charge in [0.25, 0.3) is 0 Å². The fourth-order valence-corrected chi connectivity index (χ4v) is 2.06. The van der Waals surface area contributed by atoms with E-state index in [0.717, 1.165) is 44.8 Å². The Bertz CT molecular complexity index is 320. The van der Waals surface area contributed by atoms with Crippen LogP contribution in [-0.4, -0.2) is 34.2 Å². The second-order valence-corrected chi connectivity index (χ2v) is 4.60. The minimum atomic E-state index is 0.321. The van der Waals surface area contributed by atoms with Crippen LogP contribution in [0.3, 0.4) is 0 Å². The number of nitrogens with zero attached hydrogens (tertiary/aromatic N) is 3. The van der Waals surface area contributed by atoms with E-state index in [1.807, 2.05) is 10.9 Å². The van der Waals surface area contributed by atoms with Gasteiger partial charge in [0.15, 0.2) is 0 Å². The predicted molar refractivity (Wildman–Crippen MR) is 65.6 cm³/mol. The molecular formula is C12H22N4O. The summed E-state index contributed by atoms with van der Waals surface area (Å²) in [5, 5.41) is 11.6. The highest BCUT2D eigenvalue weighted by atomic mass is 16.5. The summed E-state index contributed by atoms with van der Waals surface area (Å²) in [7, 11) is 0. The van der Waals surface area contributed by atoms with Gasteiger partial charge in [-0.25, -0.2) is 4.68 Å². The normalized spacial score (nSPS) is 20.6. The van der Waals surface area contributed by atoms with Crippen LogP contribution in [0.1, 0.15) is 38.3 Å². The number of hydrogen-bond donors (Lipinski definition) is 1. The summed E-state index contributed by atoms with van der Waals surface area (Å²) in [4.78, 5) is 0. The van der Waals surface area contributed by atoms with Crippen LogP contribution in [0.15, 0.2) is 6.20 Å². The maximum absolute atomic E-state index is 5.69. The number of aromatic nitrogens is 3. The number of ether oxygens (including phenoxy) is 1. The first-order chi connectivity index (χ1) is 8.38. The van der Waals surface area contributed by atoms with Crippen molar-refractivity contribution in [1.82, 2.24) is 20.3 Å². The van der Waals surface area contributed by atoms with Crippen LogP contribution in [0.25, 0.3) is 0 Å². The van der Waals surface area contributed by atoms with Crippen LogP contribution in [0, 0.1) is 0 Å². The summed E-state index contributed by atoms with van der Waals surface area (Å²) in [5.41, 5.74) is 1.01. The molecule has 0 bridgehead atoms. The van der Waals surface area contributed by atoms with Gasteiger partial charge >= 0.3 is 0 Å². The van der Waals surface area contributed by atoms with E-state index in [4.69, 9.17) is 4.74 Å². The Morgan fingerprint density at radius 1 is 1.53 bits per heavy atom. The highest BCUT2D eigenvalue weighted by molar-refractivity contribution is 4.91. The Morgan fingerprint density at radius 3 is 3.24 bits per heavy atom. The summed E-state index contributed by atoms with van der Waals surface area (Å²) in [6.45, 7) is 5.72. The summed E-state index contributed by atoms with van der Waals surface area (Å²) in [5.74, 6) is 0. The lowest BCUT2D eigenvalue weighted by molar-refractivity contribution is 0.00370. The van der Waals surface area contributed by atoms with Crippen LogP contribution >= 0.6 is 0 Å². The van der Waals surface area contributed by atoms with Crippen molar-refractivity contribution in [1.29, 1.82) is 0 Å². The molecular weight excluding hydrogens is 216 g/mol. The fraction of sp³-hybridized carbons (Fsp3) is 0.833. The van der Waals surface area contributed by atoms with E-state index in [2.05, 4.69) is 22.6 Å². The minimum absolute atomic E-state index is 0.321. The van der Waals surface area contributed by atoms with Crippen LogP contribution in [0.5, 0.6) is 0 Å². The van der Waals surface area contributed by atoms with Crippen LogP contribution < -0.4 is 5.32 Å². The van der Waals surface area contributed by atoms with E-state index in [9.17, 15) is 0 Å². The lowest BCUT2D eigenvalue weighted by Gasteiger charge is -2.21. The molecule has 1 fully saturated rings. The van der Waals surface area contributed by atoms with Gasteiger partial charge < -0.3 is 10.1 Å². The van der Waals surface area contributed by atoms with Crippen molar-refractivity contribution in [2.75, 3.05) is 13.2 Å². The zero-order valence-electron chi connectivity index (χ0n) is 10.6. The SMILES string of the molecule is CCCNCc1cn(CC2CCCCO2)nn1. The average Bonchev–Trinajstić information content (AvgIpc) is 2.79. The highest BCUT2D eigenvalue weighted by Gasteiger charge is 2.15. The number of nitrogens with one attached hydrogen (secondary N) is 1. The Hall–Kier alpha value is -0.940.